The third kappa shape index (κ3) is 5.11. The van der Waals surface area contributed by atoms with Gasteiger partial charge in [-0.3, -0.25) is 13.9 Å². The predicted octanol–water partition coefficient (Wildman–Crippen LogP) is 4.66. The van der Waals surface area contributed by atoms with Gasteiger partial charge in [0.25, 0.3) is 0 Å². The third-order valence-electron chi connectivity index (χ3n) is 7.30. The highest BCUT2D eigenvalue weighted by molar-refractivity contribution is 8.24. The second-order valence-corrected chi connectivity index (χ2v) is 12.1. The molecule has 192 valence electrons. The highest BCUT2D eigenvalue weighted by Gasteiger charge is 2.36. The number of anilines is 1. The molecule has 0 radical (unpaired) electrons. The van der Waals surface area contributed by atoms with Crippen LogP contribution in [0.2, 0.25) is 0 Å². The number of esters is 1. The van der Waals surface area contributed by atoms with Crippen molar-refractivity contribution < 1.29 is 18.6 Å². The number of methoxy groups -OCH3 is 1. The zero-order valence-corrected chi connectivity index (χ0v) is 21.5. The summed E-state index contributed by atoms with van der Waals surface area (Å²) in [6.45, 7) is 3.14. The maximum Gasteiger partial charge on any atom is 0.309 e. The van der Waals surface area contributed by atoms with Gasteiger partial charge in [0.05, 0.1) is 35.9 Å². The first-order chi connectivity index (χ1) is 17.3. The van der Waals surface area contributed by atoms with Crippen molar-refractivity contribution in [3.8, 4) is 16.9 Å². The van der Waals surface area contributed by atoms with Crippen LogP contribution in [-0.2, 0) is 9.53 Å². The Morgan fingerprint density at radius 2 is 1.75 bits per heavy atom. The Hall–Kier alpha value is -2.95. The van der Waals surface area contributed by atoms with Crippen molar-refractivity contribution in [3.63, 3.8) is 0 Å². The molecule has 1 aliphatic carbocycles. The minimum Gasteiger partial charge on any atom is -0.469 e. The summed E-state index contributed by atoms with van der Waals surface area (Å²) in [6, 6.07) is 12.1. The second kappa shape index (κ2) is 10.2. The van der Waals surface area contributed by atoms with E-state index in [9.17, 15) is 13.9 Å². The summed E-state index contributed by atoms with van der Waals surface area (Å²) < 4.78 is 26.8. The van der Waals surface area contributed by atoms with Gasteiger partial charge in [-0.25, -0.2) is 4.68 Å². The number of benzene rings is 1. The van der Waals surface area contributed by atoms with Gasteiger partial charge in [0.2, 0.25) is 0 Å². The Kier molecular flexibility index (Phi) is 7.00. The van der Waals surface area contributed by atoms with Crippen molar-refractivity contribution in [2.24, 2.45) is 5.92 Å². The second-order valence-electron chi connectivity index (χ2n) is 9.67. The number of aromatic nitrogens is 4. The van der Waals surface area contributed by atoms with E-state index in [-0.39, 0.29) is 17.8 Å². The molecular weight excluding hydrogens is 478 g/mol. The Morgan fingerprint density at radius 3 is 2.42 bits per heavy atom. The molecule has 2 atom stereocenters. The molecular formula is C26H33N5O4S. The van der Waals surface area contributed by atoms with Gasteiger partial charge in [-0.1, -0.05) is 25.0 Å². The molecule has 10 heteroatoms. The van der Waals surface area contributed by atoms with Gasteiger partial charge in [0.1, 0.15) is 0 Å². The lowest BCUT2D eigenvalue weighted by Crippen LogP contribution is -2.38. The normalized spacial score (nSPS) is 22.7. The van der Waals surface area contributed by atoms with Gasteiger partial charge in [0.15, 0.2) is 5.82 Å². The van der Waals surface area contributed by atoms with Crippen LogP contribution in [0.25, 0.3) is 16.9 Å². The Labute approximate surface area is 212 Å². The average molecular weight is 512 g/mol. The first-order valence-corrected chi connectivity index (χ1v) is 14.3. The topological polar surface area (TPSA) is 114 Å². The molecule has 1 aromatic carbocycles. The summed E-state index contributed by atoms with van der Waals surface area (Å²) in [4.78, 5) is 14.8. The van der Waals surface area contributed by atoms with E-state index >= 15 is 0 Å². The fraction of sp³-hybridized carbons (Fsp3) is 0.462. The van der Waals surface area contributed by atoms with Crippen LogP contribution >= 0.6 is 10.6 Å². The van der Waals surface area contributed by atoms with Gasteiger partial charge in [0, 0.05) is 36.5 Å². The first-order valence-electron chi connectivity index (χ1n) is 12.4. The highest BCUT2D eigenvalue weighted by Crippen LogP contribution is 2.43. The minimum absolute atomic E-state index is 0.0344. The minimum atomic E-state index is -2.44. The Bertz CT molecular complexity index is 1200. The number of rotatable bonds is 5. The van der Waals surface area contributed by atoms with E-state index in [1.807, 2.05) is 25.3 Å². The van der Waals surface area contributed by atoms with Crippen molar-refractivity contribution in [1.29, 1.82) is 0 Å². The number of hydrogen-bond acceptors (Lipinski definition) is 8. The van der Waals surface area contributed by atoms with Crippen LogP contribution in [0.5, 0.6) is 0 Å². The van der Waals surface area contributed by atoms with Crippen molar-refractivity contribution >= 4 is 22.2 Å². The largest absolute Gasteiger partial charge is 0.469 e. The van der Waals surface area contributed by atoms with Crippen LogP contribution in [0.3, 0.4) is 0 Å². The summed E-state index contributed by atoms with van der Waals surface area (Å²) in [5.41, 5.74) is 4.75. The lowest BCUT2D eigenvalue weighted by atomic mass is 9.76. The zero-order valence-electron chi connectivity index (χ0n) is 20.7. The number of hydrogen-bond donors (Lipinski definition) is 2. The number of ether oxygens (including phenoxy) is 1. The molecule has 2 unspecified atom stereocenters. The smallest absolute Gasteiger partial charge is 0.309 e. The SMILES string of the molecule is COC(=O)C1CCCCC1c1nn(-c2ccc(C)nn2)cc1-c1ccc(N2CCS(O)(O)CC2)cc1. The molecule has 0 bridgehead atoms. The number of carbonyl (C=O) groups excluding carboxylic acids is 1. The first kappa shape index (κ1) is 24.7. The fourth-order valence-electron chi connectivity index (χ4n) is 5.24. The summed E-state index contributed by atoms with van der Waals surface area (Å²) in [5, 5.41) is 13.4. The molecule has 5 rings (SSSR count). The van der Waals surface area contributed by atoms with Crippen LogP contribution in [0.1, 0.15) is 43.0 Å². The van der Waals surface area contributed by atoms with Crippen molar-refractivity contribution in [3.05, 3.63) is 54.0 Å². The molecule has 1 saturated carbocycles. The van der Waals surface area contributed by atoms with Gasteiger partial charge in [-0.15, -0.1) is 5.10 Å². The number of aryl methyl sites for hydroxylation is 1. The summed E-state index contributed by atoms with van der Waals surface area (Å²) in [6.07, 6.45) is 5.69. The Balaban J connectivity index is 1.51. The van der Waals surface area contributed by atoms with E-state index in [0.29, 0.717) is 30.4 Å². The highest BCUT2D eigenvalue weighted by atomic mass is 32.3. The van der Waals surface area contributed by atoms with Crippen LogP contribution < -0.4 is 4.90 Å². The monoisotopic (exact) mass is 511 g/mol. The van der Waals surface area contributed by atoms with E-state index in [2.05, 4.69) is 39.4 Å². The lowest BCUT2D eigenvalue weighted by molar-refractivity contribution is -0.147. The number of nitrogens with zero attached hydrogens (tertiary/aromatic N) is 5. The van der Waals surface area contributed by atoms with Crippen LogP contribution in [0, 0.1) is 12.8 Å². The van der Waals surface area contributed by atoms with Gasteiger partial charge < -0.3 is 9.64 Å². The molecule has 1 saturated heterocycles. The molecule has 2 aliphatic rings. The van der Waals surface area contributed by atoms with Crippen LogP contribution in [-0.4, -0.2) is 66.8 Å². The maximum atomic E-state index is 12.7. The molecule has 3 heterocycles. The fourth-order valence-corrected chi connectivity index (χ4v) is 6.47. The van der Waals surface area contributed by atoms with Crippen molar-refractivity contribution in [2.45, 2.75) is 38.5 Å². The maximum absolute atomic E-state index is 12.7. The van der Waals surface area contributed by atoms with Crippen LogP contribution in [0.15, 0.2) is 42.6 Å². The van der Waals surface area contributed by atoms with E-state index in [1.165, 1.54) is 7.11 Å². The van der Waals surface area contributed by atoms with Crippen LogP contribution in [0.4, 0.5) is 5.69 Å². The molecule has 1 aliphatic heterocycles. The predicted molar refractivity (Wildman–Crippen MR) is 141 cm³/mol. The van der Waals surface area contributed by atoms with E-state index < -0.39 is 10.6 Å². The average Bonchev–Trinajstić information content (AvgIpc) is 3.34. The molecule has 2 fully saturated rings. The van der Waals surface area contributed by atoms with Gasteiger partial charge >= 0.3 is 5.97 Å². The third-order valence-corrected chi connectivity index (χ3v) is 8.97. The Morgan fingerprint density at radius 1 is 1.03 bits per heavy atom. The molecule has 36 heavy (non-hydrogen) atoms. The van der Waals surface area contributed by atoms with Gasteiger partial charge in [-0.05, 0) is 49.6 Å². The van der Waals surface area contributed by atoms with E-state index in [0.717, 1.165) is 53.9 Å². The molecule has 2 aromatic heterocycles. The molecule has 2 N–H and O–H groups in total. The lowest BCUT2D eigenvalue weighted by Gasteiger charge is -2.41. The summed E-state index contributed by atoms with van der Waals surface area (Å²) in [5.74, 6) is 0.999. The molecule has 3 aromatic rings. The molecule has 9 nitrogen and oxygen atoms in total. The zero-order chi connectivity index (χ0) is 25.3. The van der Waals surface area contributed by atoms with Gasteiger partial charge in [-0.2, -0.15) is 20.8 Å². The van der Waals surface area contributed by atoms with E-state index in [4.69, 9.17) is 9.84 Å². The molecule has 0 amide bonds. The van der Waals surface area contributed by atoms with E-state index in [1.54, 1.807) is 4.68 Å². The summed E-state index contributed by atoms with van der Waals surface area (Å²) in [7, 11) is -0.983. The van der Waals surface area contributed by atoms with Crippen molar-refractivity contribution in [1.82, 2.24) is 20.0 Å². The standard InChI is InChI=1S/C26H33N5O4S/c1-18-7-12-24(28-27-18)31-17-23(25(29-31)21-5-3-4-6-22(21)26(32)35-2)19-8-10-20(11-9-19)30-13-15-36(33,34)16-14-30/h7-12,17,21-22,33-34H,3-6,13-16H2,1-2H3. The summed E-state index contributed by atoms with van der Waals surface area (Å²) >= 11 is 0. The van der Waals surface area contributed by atoms with Crippen molar-refractivity contribution in [2.75, 3.05) is 36.6 Å². The number of carbonyl (C=O) groups is 1. The quantitative estimate of drug-likeness (QED) is 0.476. The molecule has 0 spiro atoms.